The zero-order valence-corrected chi connectivity index (χ0v) is 11.7. The molecule has 5 N–H and O–H groups in total. The Kier molecular flexibility index (Phi) is 3.57. The fourth-order valence-electron chi connectivity index (χ4n) is 2.12. The van der Waals surface area contributed by atoms with Gasteiger partial charge in [-0.25, -0.2) is 0 Å². The quantitative estimate of drug-likeness (QED) is 0.641. The summed E-state index contributed by atoms with van der Waals surface area (Å²) in [7, 11) is 0. The minimum absolute atomic E-state index is 0.301. The van der Waals surface area contributed by atoms with E-state index in [9.17, 15) is 4.79 Å². The molecule has 0 bridgehead atoms. The lowest BCUT2D eigenvalue weighted by molar-refractivity contribution is 0.0934. The van der Waals surface area contributed by atoms with E-state index >= 15 is 0 Å². The Morgan fingerprint density at radius 2 is 1.59 bits per heavy atom. The highest BCUT2D eigenvalue weighted by atomic mass is 16.3. The molecule has 0 spiro atoms. The van der Waals surface area contributed by atoms with Crippen LogP contribution in [-0.4, -0.2) is 5.91 Å². The lowest BCUT2D eigenvalue weighted by atomic mass is 10.1. The largest absolute Gasteiger partial charge is 0.467 e. The van der Waals surface area contributed by atoms with Crippen LogP contribution < -0.4 is 16.8 Å². The third-order valence-electron chi connectivity index (χ3n) is 3.28. The summed E-state index contributed by atoms with van der Waals surface area (Å²) in [5.41, 5.74) is 12.6. The van der Waals surface area contributed by atoms with E-state index in [0.717, 1.165) is 0 Å². The van der Waals surface area contributed by atoms with Gasteiger partial charge in [0.2, 0.25) is 0 Å². The first kappa shape index (κ1) is 13.8. The highest BCUT2D eigenvalue weighted by molar-refractivity contribution is 5.96. The lowest BCUT2D eigenvalue weighted by Crippen LogP contribution is -2.28. The molecule has 22 heavy (non-hydrogen) atoms. The lowest BCUT2D eigenvalue weighted by Gasteiger charge is -2.15. The van der Waals surface area contributed by atoms with Gasteiger partial charge in [0.1, 0.15) is 17.6 Å². The first-order chi connectivity index (χ1) is 10.6. The van der Waals surface area contributed by atoms with Crippen LogP contribution >= 0.6 is 0 Å². The maximum absolute atomic E-state index is 12.4. The number of anilines is 2. The third kappa shape index (κ3) is 2.67. The standard InChI is InChI=1S/C16H15N3O3/c17-11-6-5-10(9-12(11)18)16(20)19-15(13-3-1-7-21-13)14-4-2-8-22-14/h1-9,15H,17-18H2,(H,19,20). The molecule has 0 aliphatic rings. The van der Waals surface area contributed by atoms with Gasteiger partial charge in [0, 0.05) is 5.56 Å². The highest BCUT2D eigenvalue weighted by Gasteiger charge is 2.22. The number of benzene rings is 1. The Morgan fingerprint density at radius 3 is 2.09 bits per heavy atom. The summed E-state index contributed by atoms with van der Waals surface area (Å²) >= 11 is 0. The zero-order chi connectivity index (χ0) is 15.5. The second kappa shape index (κ2) is 5.69. The number of amides is 1. The maximum atomic E-state index is 12.4. The molecule has 1 aromatic carbocycles. The zero-order valence-electron chi connectivity index (χ0n) is 11.7. The second-order valence-corrected chi connectivity index (χ2v) is 4.78. The van der Waals surface area contributed by atoms with Crippen molar-refractivity contribution in [3.05, 3.63) is 72.1 Å². The van der Waals surface area contributed by atoms with Crippen LogP contribution in [0.25, 0.3) is 0 Å². The van der Waals surface area contributed by atoms with Crippen molar-refractivity contribution >= 4 is 17.3 Å². The van der Waals surface area contributed by atoms with Gasteiger partial charge in [-0.1, -0.05) is 0 Å². The normalized spacial score (nSPS) is 10.8. The molecule has 0 aliphatic carbocycles. The summed E-state index contributed by atoms with van der Waals surface area (Å²) in [5.74, 6) is 0.850. The van der Waals surface area contributed by atoms with E-state index in [1.165, 1.54) is 6.07 Å². The van der Waals surface area contributed by atoms with Gasteiger partial charge < -0.3 is 25.6 Å². The van der Waals surface area contributed by atoms with E-state index in [1.807, 2.05) is 0 Å². The molecule has 0 atom stereocenters. The molecule has 112 valence electrons. The molecule has 0 saturated heterocycles. The Balaban J connectivity index is 1.87. The topological polar surface area (TPSA) is 107 Å². The van der Waals surface area contributed by atoms with Crippen molar-refractivity contribution in [1.82, 2.24) is 5.32 Å². The van der Waals surface area contributed by atoms with E-state index < -0.39 is 6.04 Å². The van der Waals surface area contributed by atoms with Crippen LogP contribution in [0.3, 0.4) is 0 Å². The Bertz CT molecular complexity index is 730. The number of nitrogens with one attached hydrogen (secondary N) is 1. The summed E-state index contributed by atoms with van der Waals surface area (Å²) in [6, 6.07) is 11.3. The van der Waals surface area contributed by atoms with Gasteiger partial charge in [-0.05, 0) is 42.5 Å². The maximum Gasteiger partial charge on any atom is 0.252 e. The number of rotatable bonds is 4. The average molecular weight is 297 g/mol. The molecule has 2 heterocycles. The summed E-state index contributed by atoms with van der Waals surface area (Å²) in [4.78, 5) is 12.4. The SMILES string of the molecule is Nc1ccc(C(=O)NC(c2ccco2)c2ccco2)cc1N. The number of hydrogen-bond acceptors (Lipinski definition) is 5. The van der Waals surface area contributed by atoms with Gasteiger partial charge in [0.25, 0.3) is 5.91 Å². The van der Waals surface area contributed by atoms with Crippen molar-refractivity contribution in [2.45, 2.75) is 6.04 Å². The molecule has 0 unspecified atom stereocenters. The van der Waals surface area contributed by atoms with E-state index in [-0.39, 0.29) is 5.91 Å². The van der Waals surface area contributed by atoms with Crippen LogP contribution in [-0.2, 0) is 0 Å². The Labute approximate surface area is 126 Å². The van der Waals surface area contributed by atoms with Crippen LogP contribution in [0.5, 0.6) is 0 Å². The number of hydrogen-bond donors (Lipinski definition) is 3. The summed E-state index contributed by atoms with van der Waals surface area (Å²) in [6.45, 7) is 0. The number of nitrogen functional groups attached to an aromatic ring is 2. The van der Waals surface area contributed by atoms with E-state index in [4.69, 9.17) is 20.3 Å². The molecule has 0 aliphatic heterocycles. The number of furan rings is 2. The van der Waals surface area contributed by atoms with Crippen molar-refractivity contribution in [3.63, 3.8) is 0 Å². The molecule has 3 aromatic rings. The van der Waals surface area contributed by atoms with Gasteiger partial charge >= 0.3 is 0 Å². The highest BCUT2D eigenvalue weighted by Crippen LogP contribution is 2.24. The van der Waals surface area contributed by atoms with Crippen LogP contribution in [0.15, 0.2) is 63.8 Å². The van der Waals surface area contributed by atoms with Gasteiger partial charge in [-0.15, -0.1) is 0 Å². The van der Waals surface area contributed by atoms with Crippen molar-refractivity contribution in [1.29, 1.82) is 0 Å². The number of carbonyl (C=O) groups is 1. The first-order valence-corrected chi connectivity index (χ1v) is 6.68. The third-order valence-corrected chi connectivity index (χ3v) is 3.28. The molecular formula is C16H15N3O3. The summed E-state index contributed by atoms with van der Waals surface area (Å²) in [6.07, 6.45) is 3.08. The average Bonchev–Trinajstić information content (AvgIpc) is 3.20. The van der Waals surface area contributed by atoms with E-state index in [0.29, 0.717) is 28.5 Å². The Hall–Kier alpha value is -3.15. The number of nitrogens with two attached hydrogens (primary N) is 2. The molecule has 0 fully saturated rings. The van der Waals surface area contributed by atoms with Crippen LogP contribution in [0.4, 0.5) is 11.4 Å². The molecule has 2 aromatic heterocycles. The predicted octanol–water partition coefficient (Wildman–Crippen LogP) is 2.56. The smallest absolute Gasteiger partial charge is 0.252 e. The van der Waals surface area contributed by atoms with E-state index in [1.54, 1.807) is 48.9 Å². The van der Waals surface area contributed by atoms with Crippen molar-refractivity contribution in [2.24, 2.45) is 0 Å². The second-order valence-electron chi connectivity index (χ2n) is 4.78. The summed E-state index contributed by atoms with van der Waals surface area (Å²) < 4.78 is 10.8. The minimum atomic E-state index is -0.517. The van der Waals surface area contributed by atoms with Crippen molar-refractivity contribution < 1.29 is 13.6 Å². The predicted molar refractivity (Wildman–Crippen MR) is 82.0 cm³/mol. The van der Waals surface area contributed by atoms with Gasteiger partial charge in [0.05, 0.1) is 23.9 Å². The van der Waals surface area contributed by atoms with Crippen LogP contribution in [0, 0.1) is 0 Å². The monoisotopic (exact) mass is 297 g/mol. The van der Waals surface area contributed by atoms with Gasteiger partial charge in [0.15, 0.2) is 0 Å². The van der Waals surface area contributed by atoms with Crippen LogP contribution in [0.1, 0.15) is 27.9 Å². The van der Waals surface area contributed by atoms with Crippen molar-refractivity contribution in [3.8, 4) is 0 Å². The van der Waals surface area contributed by atoms with Crippen molar-refractivity contribution in [2.75, 3.05) is 11.5 Å². The Morgan fingerprint density at radius 1 is 0.955 bits per heavy atom. The van der Waals surface area contributed by atoms with Gasteiger partial charge in [-0.2, -0.15) is 0 Å². The first-order valence-electron chi connectivity index (χ1n) is 6.68. The molecule has 6 nitrogen and oxygen atoms in total. The van der Waals surface area contributed by atoms with Gasteiger partial charge in [-0.3, -0.25) is 4.79 Å². The fraction of sp³-hybridized carbons (Fsp3) is 0.0625. The van der Waals surface area contributed by atoms with E-state index in [2.05, 4.69) is 5.32 Å². The molecular weight excluding hydrogens is 282 g/mol. The number of carbonyl (C=O) groups excluding carboxylic acids is 1. The molecule has 1 amide bonds. The summed E-state index contributed by atoms with van der Waals surface area (Å²) in [5, 5.41) is 2.86. The molecule has 0 saturated carbocycles. The molecule has 3 rings (SSSR count). The molecule has 0 radical (unpaired) electrons. The minimum Gasteiger partial charge on any atom is -0.467 e. The van der Waals surface area contributed by atoms with Crippen LogP contribution in [0.2, 0.25) is 0 Å². The molecule has 6 heteroatoms. The fourth-order valence-corrected chi connectivity index (χ4v) is 2.12.